The molecule has 0 unspecified atom stereocenters. The first-order valence-corrected chi connectivity index (χ1v) is 10.0. The highest BCUT2D eigenvalue weighted by molar-refractivity contribution is 8.04. The zero-order valence-electron chi connectivity index (χ0n) is 15.8. The minimum atomic E-state index is -0.967. The zero-order chi connectivity index (χ0) is 20.4. The molecule has 0 aliphatic carbocycles. The monoisotopic (exact) mass is 401 g/mol. The summed E-state index contributed by atoms with van der Waals surface area (Å²) in [6, 6.07) is 22.6. The van der Waals surface area contributed by atoms with Gasteiger partial charge in [-0.3, -0.25) is 4.79 Å². The van der Waals surface area contributed by atoms with Crippen LogP contribution in [0.1, 0.15) is 27.0 Å². The standard InChI is InChI=1S/C24H19NO3S/c1-16-5-4-6-18(13-16)15-25-20-7-2-3-8-21(20)29-22(23(25)26)14-17-9-11-19(12-10-17)24(27)28/h2-14H,15H2,1H3,(H,27,28)/b22-14-. The molecule has 1 N–H and O–H groups in total. The molecule has 1 heterocycles. The van der Waals surface area contributed by atoms with Gasteiger partial charge in [0.25, 0.3) is 5.91 Å². The number of hydrogen-bond donors (Lipinski definition) is 1. The fraction of sp³-hybridized carbons (Fsp3) is 0.0833. The molecule has 144 valence electrons. The van der Waals surface area contributed by atoms with E-state index >= 15 is 0 Å². The average Bonchev–Trinajstić information content (AvgIpc) is 2.71. The number of nitrogens with zero attached hydrogens (tertiary/aromatic N) is 1. The molecule has 0 aromatic heterocycles. The first kappa shape index (κ1) is 19.0. The number of thioether (sulfide) groups is 1. The van der Waals surface area contributed by atoms with Crippen molar-refractivity contribution in [1.29, 1.82) is 0 Å². The molecule has 0 radical (unpaired) electrons. The lowest BCUT2D eigenvalue weighted by atomic mass is 10.1. The minimum absolute atomic E-state index is 0.0579. The predicted octanol–water partition coefficient (Wildman–Crippen LogP) is 5.37. The number of para-hydroxylation sites is 1. The van der Waals surface area contributed by atoms with Crippen LogP contribution < -0.4 is 4.90 Å². The van der Waals surface area contributed by atoms with Crippen molar-refractivity contribution < 1.29 is 14.7 Å². The van der Waals surface area contributed by atoms with E-state index in [2.05, 4.69) is 6.07 Å². The van der Waals surface area contributed by atoms with Crippen LogP contribution in [0.3, 0.4) is 0 Å². The van der Waals surface area contributed by atoms with Crippen molar-refractivity contribution in [2.24, 2.45) is 0 Å². The number of rotatable bonds is 4. The molecule has 4 rings (SSSR count). The lowest BCUT2D eigenvalue weighted by molar-refractivity contribution is -0.114. The quantitative estimate of drug-likeness (QED) is 0.597. The number of carbonyl (C=O) groups excluding carboxylic acids is 1. The largest absolute Gasteiger partial charge is 0.478 e. The van der Waals surface area contributed by atoms with Gasteiger partial charge >= 0.3 is 5.97 Å². The smallest absolute Gasteiger partial charge is 0.335 e. The van der Waals surface area contributed by atoms with Crippen LogP contribution in [0.2, 0.25) is 0 Å². The van der Waals surface area contributed by atoms with Gasteiger partial charge < -0.3 is 10.0 Å². The van der Waals surface area contributed by atoms with E-state index in [4.69, 9.17) is 5.11 Å². The molecule has 1 aliphatic heterocycles. The van der Waals surface area contributed by atoms with E-state index < -0.39 is 5.97 Å². The summed E-state index contributed by atoms with van der Waals surface area (Å²) in [4.78, 5) is 27.8. The minimum Gasteiger partial charge on any atom is -0.478 e. The summed E-state index contributed by atoms with van der Waals surface area (Å²) in [7, 11) is 0. The van der Waals surface area contributed by atoms with Crippen molar-refractivity contribution in [2.75, 3.05) is 4.90 Å². The Balaban J connectivity index is 1.70. The summed E-state index contributed by atoms with van der Waals surface area (Å²) >= 11 is 1.44. The summed E-state index contributed by atoms with van der Waals surface area (Å²) in [5.74, 6) is -1.02. The van der Waals surface area contributed by atoms with E-state index in [1.54, 1.807) is 29.2 Å². The highest BCUT2D eigenvalue weighted by Crippen LogP contribution is 2.42. The fourth-order valence-corrected chi connectivity index (χ4v) is 4.34. The predicted molar refractivity (Wildman–Crippen MR) is 116 cm³/mol. The van der Waals surface area contributed by atoms with E-state index in [0.717, 1.165) is 27.3 Å². The van der Waals surface area contributed by atoms with Crippen molar-refractivity contribution >= 4 is 35.4 Å². The Morgan fingerprint density at radius 1 is 1.03 bits per heavy atom. The summed E-state index contributed by atoms with van der Waals surface area (Å²) in [6.45, 7) is 2.53. The maximum Gasteiger partial charge on any atom is 0.335 e. The van der Waals surface area contributed by atoms with Crippen molar-refractivity contribution in [1.82, 2.24) is 0 Å². The summed E-state index contributed by atoms with van der Waals surface area (Å²) < 4.78 is 0. The third-order valence-corrected chi connectivity index (χ3v) is 5.79. The second-order valence-corrected chi connectivity index (χ2v) is 7.97. The number of benzene rings is 3. The first-order chi connectivity index (χ1) is 14.0. The van der Waals surface area contributed by atoms with E-state index in [-0.39, 0.29) is 11.5 Å². The summed E-state index contributed by atoms with van der Waals surface area (Å²) in [6.07, 6.45) is 1.82. The van der Waals surface area contributed by atoms with Crippen molar-refractivity contribution in [3.05, 3.63) is 100.0 Å². The van der Waals surface area contributed by atoms with Gasteiger partial charge in [-0.1, -0.05) is 65.9 Å². The molecule has 1 amide bonds. The second kappa shape index (κ2) is 7.97. The van der Waals surface area contributed by atoms with Gasteiger partial charge in [-0.15, -0.1) is 0 Å². The lowest BCUT2D eigenvalue weighted by Gasteiger charge is -2.30. The fourth-order valence-electron chi connectivity index (χ4n) is 3.29. The average molecular weight is 401 g/mol. The van der Waals surface area contributed by atoms with Crippen LogP contribution in [-0.2, 0) is 11.3 Å². The Morgan fingerprint density at radius 2 is 1.79 bits per heavy atom. The third kappa shape index (κ3) is 4.10. The van der Waals surface area contributed by atoms with Gasteiger partial charge in [-0.25, -0.2) is 4.79 Å². The van der Waals surface area contributed by atoms with Gasteiger partial charge in [-0.05, 0) is 48.4 Å². The van der Waals surface area contributed by atoms with Crippen LogP contribution in [0.25, 0.3) is 6.08 Å². The molecular formula is C24H19NO3S. The highest BCUT2D eigenvalue weighted by Gasteiger charge is 2.29. The molecule has 5 heteroatoms. The molecule has 0 fully saturated rings. The van der Waals surface area contributed by atoms with Gasteiger partial charge in [0.1, 0.15) is 0 Å². The molecule has 29 heavy (non-hydrogen) atoms. The number of aryl methyl sites for hydroxylation is 1. The zero-order valence-corrected chi connectivity index (χ0v) is 16.6. The Labute approximate surface area is 173 Å². The molecule has 3 aromatic rings. The van der Waals surface area contributed by atoms with Crippen molar-refractivity contribution in [3.8, 4) is 0 Å². The Hall–Kier alpha value is -3.31. The summed E-state index contributed by atoms with van der Waals surface area (Å²) in [5.41, 5.74) is 4.15. The maximum atomic E-state index is 13.3. The van der Waals surface area contributed by atoms with Crippen LogP contribution in [0.15, 0.2) is 82.6 Å². The number of carbonyl (C=O) groups is 2. The Kier molecular flexibility index (Phi) is 5.23. The highest BCUT2D eigenvalue weighted by atomic mass is 32.2. The molecule has 0 bridgehead atoms. The SMILES string of the molecule is Cc1cccc(CN2C(=O)/C(=C/c3ccc(C(=O)O)cc3)Sc3ccccc32)c1. The molecule has 0 atom stereocenters. The first-order valence-electron chi connectivity index (χ1n) is 9.20. The van der Waals surface area contributed by atoms with Gasteiger partial charge in [-0.2, -0.15) is 0 Å². The van der Waals surface area contributed by atoms with Crippen molar-refractivity contribution in [2.45, 2.75) is 18.4 Å². The third-order valence-electron chi connectivity index (χ3n) is 4.71. The number of carboxylic acid groups (broad SMARTS) is 1. The van der Waals surface area contributed by atoms with Gasteiger partial charge in [0.2, 0.25) is 0 Å². The summed E-state index contributed by atoms with van der Waals surface area (Å²) in [5, 5.41) is 9.06. The number of hydrogen-bond acceptors (Lipinski definition) is 3. The number of amides is 1. The van der Waals surface area contributed by atoms with Crippen LogP contribution in [0, 0.1) is 6.92 Å². The number of aromatic carboxylic acids is 1. The van der Waals surface area contributed by atoms with Crippen LogP contribution in [0.5, 0.6) is 0 Å². The molecule has 3 aromatic carbocycles. The maximum absolute atomic E-state index is 13.3. The number of fused-ring (bicyclic) bond motifs is 1. The Bertz CT molecular complexity index is 1120. The molecule has 0 saturated carbocycles. The van der Waals surface area contributed by atoms with Crippen LogP contribution in [-0.4, -0.2) is 17.0 Å². The van der Waals surface area contributed by atoms with Gasteiger partial charge in [0.05, 0.1) is 22.7 Å². The second-order valence-electron chi connectivity index (χ2n) is 6.89. The van der Waals surface area contributed by atoms with Crippen molar-refractivity contribution in [3.63, 3.8) is 0 Å². The number of anilines is 1. The number of carboxylic acids is 1. The van der Waals surface area contributed by atoms with Crippen LogP contribution >= 0.6 is 11.8 Å². The van der Waals surface area contributed by atoms with Gasteiger partial charge in [0, 0.05) is 4.90 Å². The molecule has 1 aliphatic rings. The van der Waals surface area contributed by atoms with E-state index in [1.165, 1.54) is 11.8 Å². The lowest BCUT2D eigenvalue weighted by Crippen LogP contribution is -2.33. The van der Waals surface area contributed by atoms with Gasteiger partial charge in [0.15, 0.2) is 0 Å². The van der Waals surface area contributed by atoms with E-state index in [0.29, 0.717) is 11.4 Å². The molecule has 0 saturated heterocycles. The normalized spacial score (nSPS) is 14.7. The van der Waals surface area contributed by atoms with E-state index in [9.17, 15) is 9.59 Å². The molecule has 0 spiro atoms. The van der Waals surface area contributed by atoms with E-state index in [1.807, 2.05) is 55.5 Å². The Morgan fingerprint density at radius 3 is 2.52 bits per heavy atom. The van der Waals surface area contributed by atoms with Crippen LogP contribution in [0.4, 0.5) is 5.69 Å². The topological polar surface area (TPSA) is 57.6 Å². The molecule has 4 nitrogen and oxygen atoms in total. The molecular weight excluding hydrogens is 382 g/mol.